The number of nitrogens with zero attached hydrogens (tertiary/aromatic N) is 1. The number of anilines is 1. The highest BCUT2D eigenvalue weighted by Gasteiger charge is 2.26. The number of hydrogen-bond acceptors (Lipinski definition) is 3. The van der Waals surface area contributed by atoms with Crippen LogP contribution in [-0.4, -0.2) is 25.6 Å². The van der Waals surface area contributed by atoms with Gasteiger partial charge in [-0.05, 0) is 23.6 Å². The quantitative estimate of drug-likeness (QED) is 0.909. The number of nitrogens with one attached hydrogen (secondary N) is 1. The lowest BCUT2D eigenvalue weighted by molar-refractivity contribution is -0.120. The van der Waals surface area contributed by atoms with Gasteiger partial charge < -0.3 is 4.74 Å². The van der Waals surface area contributed by atoms with Crippen LogP contribution in [0.5, 0.6) is 5.75 Å². The van der Waals surface area contributed by atoms with Crippen molar-refractivity contribution in [3.63, 3.8) is 0 Å². The van der Waals surface area contributed by atoms with Crippen LogP contribution in [0.25, 0.3) is 0 Å². The predicted molar refractivity (Wildman–Crippen MR) is 72.6 cm³/mol. The molecule has 5 nitrogen and oxygen atoms in total. The Morgan fingerprint density at radius 2 is 2.05 bits per heavy atom. The standard InChI is InChI=1S/C14H18N2O3/c1-9(2)10-4-5-12(19-3)11(8-10)16-7-6-13(17)15-14(16)18/h4-5,8-9H,6-7H2,1-3H3,(H,15,17,18). The summed E-state index contributed by atoms with van der Waals surface area (Å²) in [5, 5.41) is 2.32. The Balaban J connectivity index is 2.39. The van der Waals surface area contributed by atoms with Crippen LogP contribution >= 0.6 is 0 Å². The van der Waals surface area contributed by atoms with E-state index in [-0.39, 0.29) is 5.91 Å². The first-order valence-electron chi connectivity index (χ1n) is 6.32. The summed E-state index contributed by atoms with van der Waals surface area (Å²) >= 11 is 0. The van der Waals surface area contributed by atoms with Crippen molar-refractivity contribution < 1.29 is 14.3 Å². The maximum atomic E-state index is 11.9. The van der Waals surface area contributed by atoms with Crippen LogP contribution in [0, 0.1) is 0 Å². The van der Waals surface area contributed by atoms with E-state index < -0.39 is 6.03 Å². The number of ether oxygens (including phenoxy) is 1. The molecule has 1 aromatic rings. The van der Waals surface area contributed by atoms with Gasteiger partial charge in [-0.3, -0.25) is 15.0 Å². The van der Waals surface area contributed by atoms with E-state index in [0.29, 0.717) is 30.3 Å². The molecule has 1 aliphatic rings. The summed E-state index contributed by atoms with van der Waals surface area (Å²) in [6.07, 6.45) is 0.306. The minimum atomic E-state index is -0.393. The van der Waals surface area contributed by atoms with E-state index in [0.717, 1.165) is 5.56 Å². The average Bonchev–Trinajstić information content (AvgIpc) is 2.38. The normalized spacial score (nSPS) is 15.7. The Bertz CT molecular complexity index is 511. The highest BCUT2D eigenvalue weighted by atomic mass is 16.5. The van der Waals surface area contributed by atoms with Crippen molar-refractivity contribution >= 4 is 17.6 Å². The Labute approximate surface area is 112 Å². The molecule has 0 bridgehead atoms. The lowest BCUT2D eigenvalue weighted by Crippen LogP contribution is -2.49. The molecule has 0 saturated carbocycles. The molecule has 1 heterocycles. The number of amides is 3. The molecule has 0 aliphatic carbocycles. The zero-order valence-electron chi connectivity index (χ0n) is 11.4. The van der Waals surface area contributed by atoms with Gasteiger partial charge in [0.05, 0.1) is 12.8 Å². The van der Waals surface area contributed by atoms with Crippen LogP contribution in [0.3, 0.4) is 0 Å². The van der Waals surface area contributed by atoms with E-state index in [2.05, 4.69) is 19.2 Å². The number of carbonyl (C=O) groups is 2. The average molecular weight is 262 g/mol. The zero-order chi connectivity index (χ0) is 14.0. The Morgan fingerprint density at radius 3 is 2.63 bits per heavy atom. The number of methoxy groups -OCH3 is 1. The van der Waals surface area contributed by atoms with Crippen molar-refractivity contribution in [2.24, 2.45) is 0 Å². The van der Waals surface area contributed by atoms with Crippen molar-refractivity contribution in [3.05, 3.63) is 23.8 Å². The second-order valence-electron chi connectivity index (χ2n) is 4.84. The van der Waals surface area contributed by atoms with Crippen LogP contribution in [0.2, 0.25) is 0 Å². The van der Waals surface area contributed by atoms with E-state index in [4.69, 9.17) is 4.74 Å². The minimum absolute atomic E-state index is 0.236. The first-order chi connectivity index (χ1) is 9.02. The molecule has 1 fully saturated rings. The van der Waals surface area contributed by atoms with Gasteiger partial charge in [0.1, 0.15) is 5.75 Å². The third-order valence-electron chi connectivity index (χ3n) is 3.21. The highest BCUT2D eigenvalue weighted by molar-refractivity contribution is 6.06. The molecule has 1 N–H and O–H groups in total. The van der Waals surface area contributed by atoms with Crippen molar-refractivity contribution in [3.8, 4) is 5.75 Å². The molecule has 3 amide bonds. The van der Waals surface area contributed by atoms with E-state index in [1.54, 1.807) is 12.0 Å². The van der Waals surface area contributed by atoms with Crippen molar-refractivity contribution in [1.29, 1.82) is 0 Å². The SMILES string of the molecule is COc1ccc(C(C)C)cc1N1CCC(=O)NC1=O. The van der Waals surface area contributed by atoms with Gasteiger partial charge in [-0.25, -0.2) is 4.79 Å². The molecule has 0 spiro atoms. The van der Waals surface area contributed by atoms with Crippen LogP contribution < -0.4 is 15.0 Å². The molecular weight excluding hydrogens is 244 g/mol. The lowest BCUT2D eigenvalue weighted by atomic mass is 10.0. The molecule has 0 radical (unpaired) electrons. The number of rotatable bonds is 3. The van der Waals surface area contributed by atoms with Gasteiger partial charge in [0.25, 0.3) is 0 Å². The fourth-order valence-electron chi connectivity index (χ4n) is 2.07. The summed E-state index contributed by atoms with van der Waals surface area (Å²) in [7, 11) is 1.57. The number of imide groups is 1. The zero-order valence-corrected chi connectivity index (χ0v) is 11.4. The fourth-order valence-corrected chi connectivity index (χ4v) is 2.07. The fraction of sp³-hybridized carbons (Fsp3) is 0.429. The summed E-state index contributed by atoms with van der Waals surface area (Å²) in [4.78, 5) is 24.6. The number of carbonyl (C=O) groups excluding carboxylic acids is 2. The largest absolute Gasteiger partial charge is 0.495 e. The number of hydrogen-bond donors (Lipinski definition) is 1. The Hall–Kier alpha value is -2.04. The molecule has 19 heavy (non-hydrogen) atoms. The Morgan fingerprint density at radius 1 is 1.32 bits per heavy atom. The minimum Gasteiger partial charge on any atom is -0.495 e. The predicted octanol–water partition coefficient (Wildman–Crippen LogP) is 2.26. The molecule has 1 aromatic carbocycles. The highest BCUT2D eigenvalue weighted by Crippen LogP contribution is 2.32. The summed E-state index contributed by atoms with van der Waals surface area (Å²) in [6.45, 7) is 4.55. The van der Waals surface area contributed by atoms with Gasteiger partial charge in [-0.15, -0.1) is 0 Å². The van der Waals surface area contributed by atoms with Gasteiger partial charge in [0.15, 0.2) is 0 Å². The first kappa shape index (κ1) is 13.4. The number of benzene rings is 1. The third kappa shape index (κ3) is 2.70. The van der Waals surface area contributed by atoms with Crippen LogP contribution in [0.1, 0.15) is 31.7 Å². The summed E-state index contributed by atoms with van der Waals surface area (Å²) in [5.74, 6) is 0.758. The van der Waals surface area contributed by atoms with E-state index in [1.807, 2.05) is 18.2 Å². The smallest absolute Gasteiger partial charge is 0.328 e. The molecule has 0 atom stereocenters. The monoisotopic (exact) mass is 262 g/mol. The molecule has 2 rings (SSSR count). The molecular formula is C14H18N2O3. The van der Waals surface area contributed by atoms with Crippen LogP contribution in [-0.2, 0) is 4.79 Å². The van der Waals surface area contributed by atoms with Crippen LogP contribution in [0.15, 0.2) is 18.2 Å². The topological polar surface area (TPSA) is 58.6 Å². The molecule has 102 valence electrons. The third-order valence-corrected chi connectivity index (χ3v) is 3.21. The molecule has 0 aromatic heterocycles. The maximum Gasteiger partial charge on any atom is 0.328 e. The lowest BCUT2D eigenvalue weighted by Gasteiger charge is -2.28. The molecule has 1 saturated heterocycles. The second-order valence-corrected chi connectivity index (χ2v) is 4.84. The van der Waals surface area contributed by atoms with Gasteiger partial charge in [-0.1, -0.05) is 19.9 Å². The van der Waals surface area contributed by atoms with Crippen molar-refractivity contribution in [2.45, 2.75) is 26.2 Å². The van der Waals surface area contributed by atoms with E-state index in [1.165, 1.54) is 0 Å². The van der Waals surface area contributed by atoms with Gasteiger partial charge in [0.2, 0.25) is 5.91 Å². The summed E-state index contributed by atoms with van der Waals surface area (Å²) in [6, 6.07) is 5.39. The molecule has 0 unspecified atom stereocenters. The van der Waals surface area contributed by atoms with Gasteiger partial charge >= 0.3 is 6.03 Å². The maximum absolute atomic E-state index is 11.9. The van der Waals surface area contributed by atoms with Crippen LogP contribution in [0.4, 0.5) is 10.5 Å². The summed E-state index contributed by atoms with van der Waals surface area (Å²) in [5.41, 5.74) is 1.83. The molecule has 1 aliphatic heterocycles. The number of urea groups is 1. The van der Waals surface area contributed by atoms with Gasteiger partial charge in [-0.2, -0.15) is 0 Å². The van der Waals surface area contributed by atoms with E-state index >= 15 is 0 Å². The van der Waals surface area contributed by atoms with Crippen molar-refractivity contribution in [1.82, 2.24) is 5.32 Å². The second kappa shape index (κ2) is 5.30. The summed E-state index contributed by atoms with van der Waals surface area (Å²) < 4.78 is 5.30. The Kier molecular flexibility index (Phi) is 3.74. The van der Waals surface area contributed by atoms with E-state index in [9.17, 15) is 9.59 Å². The first-order valence-corrected chi connectivity index (χ1v) is 6.32. The van der Waals surface area contributed by atoms with Crippen molar-refractivity contribution in [2.75, 3.05) is 18.6 Å². The van der Waals surface area contributed by atoms with Gasteiger partial charge in [0, 0.05) is 13.0 Å². The molecule has 5 heteroatoms.